The first-order valence-corrected chi connectivity index (χ1v) is 9.75. The molecule has 5 nitrogen and oxygen atoms in total. The van der Waals surface area contributed by atoms with Crippen LogP contribution in [0.5, 0.6) is 0 Å². The molecule has 0 aliphatic heterocycles. The summed E-state index contributed by atoms with van der Waals surface area (Å²) < 4.78 is 26.8. The lowest BCUT2D eigenvalue weighted by atomic mass is 10.1. The van der Waals surface area contributed by atoms with Crippen molar-refractivity contribution in [1.29, 1.82) is 0 Å². The van der Waals surface area contributed by atoms with Crippen molar-refractivity contribution in [2.24, 2.45) is 0 Å². The van der Waals surface area contributed by atoms with E-state index >= 15 is 0 Å². The average Bonchev–Trinajstić information content (AvgIpc) is 2.95. The van der Waals surface area contributed by atoms with Crippen LogP contribution in [-0.4, -0.2) is 33.0 Å². The number of benzene rings is 1. The molecule has 0 saturated heterocycles. The highest BCUT2D eigenvalue weighted by Gasteiger charge is 2.33. The molecule has 1 aromatic carbocycles. The highest BCUT2D eigenvalue weighted by Crippen LogP contribution is 2.40. The Bertz CT molecular complexity index is 596. The summed E-state index contributed by atoms with van der Waals surface area (Å²) in [6, 6.07) is 4.95. The van der Waals surface area contributed by atoms with Gasteiger partial charge in [0.2, 0.25) is 10.0 Å². The van der Waals surface area contributed by atoms with Gasteiger partial charge in [-0.25, -0.2) is 13.1 Å². The zero-order valence-electron chi connectivity index (χ0n) is 12.5. The van der Waals surface area contributed by atoms with Crippen molar-refractivity contribution in [3.05, 3.63) is 18.2 Å². The molecule has 7 heteroatoms. The zero-order valence-corrected chi connectivity index (χ0v) is 14.1. The lowest BCUT2D eigenvalue weighted by Crippen LogP contribution is -2.31. The van der Waals surface area contributed by atoms with Gasteiger partial charge in [0, 0.05) is 17.0 Å². The fourth-order valence-electron chi connectivity index (χ4n) is 2.75. The normalized spacial score (nSPS) is 17.8. The monoisotopic (exact) mass is 329 g/mol. The van der Waals surface area contributed by atoms with Gasteiger partial charge in [-0.05, 0) is 44.3 Å². The molecule has 0 aromatic heterocycles. The number of sulfonamides is 1. The lowest BCUT2D eigenvalue weighted by molar-refractivity contribution is 0.588. The smallest absolute Gasteiger partial charge is 0.242 e. The molecular weight excluding hydrogens is 306 g/mol. The Kier molecular flexibility index (Phi) is 5.06. The third-order valence-electron chi connectivity index (χ3n) is 4.11. The van der Waals surface area contributed by atoms with Crippen LogP contribution in [-0.2, 0) is 10.0 Å². The SMILES string of the molecule is CNS(=O)(=O)c1cc(N)ccc1NCC1(SC)CCCC1. The van der Waals surface area contributed by atoms with Gasteiger partial charge in [-0.2, -0.15) is 11.8 Å². The molecule has 1 aliphatic rings. The Morgan fingerprint density at radius 3 is 2.57 bits per heavy atom. The standard InChI is InChI=1S/C14H23N3O2S2/c1-16-21(18,19)13-9-11(15)5-6-12(13)17-10-14(20-2)7-3-4-8-14/h5-6,9,16-17H,3-4,7-8,10,15H2,1-2H3. The fraction of sp³-hybridized carbons (Fsp3) is 0.571. The van der Waals surface area contributed by atoms with Crippen LogP contribution in [0.3, 0.4) is 0 Å². The van der Waals surface area contributed by atoms with Crippen LogP contribution >= 0.6 is 11.8 Å². The van der Waals surface area contributed by atoms with E-state index in [1.54, 1.807) is 12.1 Å². The van der Waals surface area contributed by atoms with Gasteiger partial charge in [0.25, 0.3) is 0 Å². The summed E-state index contributed by atoms with van der Waals surface area (Å²) in [7, 11) is -2.12. The van der Waals surface area contributed by atoms with Crippen molar-refractivity contribution in [1.82, 2.24) is 4.72 Å². The number of anilines is 2. The Hall–Kier alpha value is -0.920. The minimum absolute atomic E-state index is 0.208. The molecule has 0 spiro atoms. The number of nitrogen functional groups attached to an aromatic ring is 1. The van der Waals surface area contributed by atoms with Crippen molar-refractivity contribution >= 4 is 33.2 Å². The second kappa shape index (κ2) is 6.46. The summed E-state index contributed by atoms with van der Waals surface area (Å²) in [5.74, 6) is 0. The molecule has 1 saturated carbocycles. The summed E-state index contributed by atoms with van der Waals surface area (Å²) in [5, 5.41) is 3.32. The van der Waals surface area contributed by atoms with Crippen molar-refractivity contribution in [3.8, 4) is 0 Å². The van der Waals surface area contributed by atoms with Crippen LogP contribution in [0.4, 0.5) is 11.4 Å². The quantitative estimate of drug-likeness (QED) is 0.697. The van der Waals surface area contributed by atoms with Crippen LogP contribution in [0.1, 0.15) is 25.7 Å². The molecular formula is C14H23N3O2S2. The molecule has 1 fully saturated rings. The number of nitrogens with one attached hydrogen (secondary N) is 2. The van der Waals surface area contributed by atoms with Gasteiger partial charge in [-0.1, -0.05) is 12.8 Å². The molecule has 0 unspecified atom stereocenters. The third kappa shape index (κ3) is 3.64. The van der Waals surface area contributed by atoms with E-state index in [0.29, 0.717) is 11.4 Å². The second-order valence-electron chi connectivity index (χ2n) is 5.41. The van der Waals surface area contributed by atoms with Crippen LogP contribution in [0.25, 0.3) is 0 Å². The van der Waals surface area contributed by atoms with E-state index in [4.69, 9.17) is 5.73 Å². The van der Waals surface area contributed by atoms with E-state index in [2.05, 4.69) is 16.3 Å². The maximum atomic E-state index is 12.1. The van der Waals surface area contributed by atoms with Gasteiger partial charge in [-0.3, -0.25) is 0 Å². The van der Waals surface area contributed by atoms with E-state index < -0.39 is 10.0 Å². The van der Waals surface area contributed by atoms with E-state index in [-0.39, 0.29) is 9.64 Å². The van der Waals surface area contributed by atoms with E-state index in [0.717, 1.165) is 6.54 Å². The first-order chi connectivity index (χ1) is 9.92. The predicted molar refractivity (Wildman–Crippen MR) is 90.3 cm³/mol. The summed E-state index contributed by atoms with van der Waals surface area (Å²) >= 11 is 1.87. The fourth-order valence-corrected chi connectivity index (χ4v) is 4.60. The van der Waals surface area contributed by atoms with Gasteiger partial charge >= 0.3 is 0 Å². The zero-order chi connectivity index (χ0) is 15.5. The highest BCUT2D eigenvalue weighted by atomic mass is 32.2. The van der Waals surface area contributed by atoms with E-state index in [9.17, 15) is 8.42 Å². The van der Waals surface area contributed by atoms with Crippen molar-refractivity contribution in [2.45, 2.75) is 35.3 Å². The number of hydrogen-bond acceptors (Lipinski definition) is 5. The molecule has 2 rings (SSSR count). The van der Waals surface area contributed by atoms with Crippen LogP contribution < -0.4 is 15.8 Å². The Labute approximate surface area is 131 Å². The van der Waals surface area contributed by atoms with E-state index in [1.165, 1.54) is 38.8 Å². The van der Waals surface area contributed by atoms with Gasteiger partial charge < -0.3 is 11.1 Å². The number of hydrogen-bond donors (Lipinski definition) is 3. The Morgan fingerprint density at radius 2 is 2.00 bits per heavy atom. The Balaban J connectivity index is 2.24. The van der Waals surface area contributed by atoms with Crippen molar-refractivity contribution in [3.63, 3.8) is 0 Å². The van der Waals surface area contributed by atoms with Crippen molar-refractivity contribution < 1.29 is 8.42 Å². The van der Waals surface area contributed by atoms with E-state index in [1.807, 2.05) is 11.8 Å². The minimum Gasteiger partial charge on any atom is -0.399 e. The molecule has 0 atom stereocenters. The maximum absolute atomic E-state index is 12.1. The molecule has 1 aliphatic carbocycles. The maximum Gasteiger partial charge on any atom is 0.242 e. The largest absolute Gasteiger partial charge is 0.399 e. The van der Waals surface area contributed by atoms with Gasteiger partial charge in [0.1, 0.15) is 4.90 Å². The van der Waals surface area contributed by atoms with Gasteiger partial charge in [-0.15, -0.1) is 0 Å². The topological polar surface area (TPSA) is 84.2 Å². The summed E-state index contributed by atoms with van der Waals surface area (Å²) in [6.07, 6.45) is 6.95. The molecule has 0 amide bonds. The molecule has 118 valence electrons. The van der Waals surface area contributed by atoms with Gasteiger partial charge in [0.05, 0.1) is 5.69 Å². The predicted octanol–water partition coefficient (Wildman–Crippen LogP) is 2.26. The molecule has 0 bridgehead atoms. The molecule has 0 radical (unpaired) electrons. The van der Waals surface area contributed by atoms with Crippen LogP contribution in [0.2, 0.25) is 0 Å². The highest BCUT2D eigenvalue weighted by molar-refractivity contribution is 8.00. The average molecular weight is 329 g/mol. The number of rotatable bonds is 6. The number of nitrogens with two attached hydrogens (primary N) is 1. The third-order valence-corrected chi connectivity index (χ3v) is 6.99. The summed E-state index contributed by atoms with van der Waals surface area (Å²) in [6.45, 7) is 0.768. The number of thioether (sulfide) groups is 1. The first kappa shape index (κ1) is 16.5. The lowest BCUT2D eigenvalue weighted by Gasteiger charge is -2.28. The second-order valence-corrected chi connectivity index (χ2v) is 8.54. The summed E-state index contributed by atoms with van der Waals surface area (Å²) in [4.78, 5) is 0.208. The van der Waals surface area contributed by atoms with Crippen molar-refractivity contribution in [2.75, 3.05) is 30.9 Å². The Morgan fingerprint density at radius 1 is 1.33 bits per heavy atom. The molecule has 1 aromatic rings. The van der Waals surface area contributed by atoms with Gasteiger partial charge in [0.15, 0.2) is 0 Å². The molecule has 21 heavy (non-hydrogen) atoms. The minimum atomic E-state index is -3.52. The van der Waals surface area contributed by atoms with Crippen LogP contribution in [0, 0.1) is 0 Å². The first-order valence-electron chi connectivity index (χ1n) is 7.04. The molecule has 4 N–H and O–H groups in total. The molecule has 0 heterocycles. The van der Waals surface area contributed by atoms with Crippen LogP contribution in [0.15, 0.2) is 23.1 Å². The summed E-state index contributed by atoms with van der Waals surface area (Å²) in [5.41, 5.74) is 6.77.